The van der Waals surface area contributed by atoms with E-state index in [2.05, 4.69) is 16.6 Å². The molecule has 0 unspecified atom stereocenters. The Balaban J connectivity index is 2.62. The smallest absolute Gasteiger partial charge is 0.238 e. The standard InChI is InChI=1S/C13H17N3O/c1-4-9-14-10-13(17)15-11-7-5-6-8-12(11)16(2)3/h1,5-8,14H,9-10H2,2-3H3,(H,15,17). The zero-order valence-electron chi connectivity index (χ0n) is 10.2. The Morgan fingerprint density at radius 1 is 1.41 bits per heavy atom. The van der Waals surface area contributed by atoms with Crippen LogP contribution in [0.3, 0.4) is 0 Å². The van der Waals surface area contributed by atoms with Gasteiger partial charge in [0.05, 0.1) is 24.5 Å². The minimum absolute atomic E-state index is 0.102. The normalized spacial score (nSPS) is 9.47. The highest BCUT2D eigenvalue weighted by atomic mass is 16.1. The summed E-state index contributed by atoms with van der Waals surface area (Å²) in [4.78, 5) is 13.6. The van der Waals surface area contributed by atoms with Gasteiger partial charge in [-0.2, -0.15) is 0 Å². The molecule has 0 saturated carbocycles. The first kappa shape index (κ1) is 13.1. The molecule has 0 fully saturated rings. The van der Waals surface area contributed by atoms with Gasteiger partial charge >= 0.3 is 0 Å². The number of hydrogen-bond donors (Lipinski definition) is 2. The lowest BCUT2D eigenvalue weighted by Gasteiger charge is -2.17. The Kier molecular flexibility index (Phi) is 5.05. The third-order valence-electron chi connectivity index (χ3n) is 2.17. The molecule has 1 aromatic rings. The van der Waals surface area contributed by atoms with Crippen LogP contribution >= 0.6 is 0 Å². The van der Waals surface area contributed by atoms with Gasteiger partial charge < -0.3 is 10.2 Å². The molecule has 0 heterocycles. The second-order valence-electron chi connectivity index (χ2n) is 3.77. The van der Waals surface area contributed by atoms with E-state index in [4.69, 9.17) is 6.42 Å². The molecule has 0 saturated heterocycles. The molecule has 1 rings (SSSR count). The summed E-state index contributed by atoms with van der Waals surface area (Å²) >= 11 is 0. The monoisotopic (exact) mass is 231 g/mol. The number of nitrogens with one attached hydrogen (secondary N) is 2. The van der Waals surface area contributed by atoms with E-state index in [0.29, 0.717) is 6.54 Å². The molecule has 0 aliphatic carbocycles. The summed E-state index contributed by atoms with van der Waals surface area (Å²) in [5.74, 6) is 2.31. The van der Waals surface area contributed by atoms with Crippen LogP contribution in [0.1, 0.15) is 0 Å². The lowest BCUT2D eigenvalue weighted by atomic mass is 10.2. The Labute approximate surface area is 102 Å². The summed E-state index contributed by atoms with van der Waals surface area (Å²) in [6, 6.07) is 7.64. The number of anilines is 2. The van der Waals surface area contributed by atoms with Crippen molar-refractivity contribution < 1.29 is 4.79 Å². The number of hydrogen-bond acceptors (Lipinski definition) is 3. The highest BCUT2D eigenvalue weighted by Gasteiger charge is 2.06. The van der Waals surface area contributed by atoms with E-state index in [-0.39, 0.29) is 12.5 Å². The molecule has 0 aliphatic rings. The molecule has 17 heavy (non-hydrogen) atoms. The molecule has 4 nitrogen and oxygen atoms in total. The summed E-state index contributed by atoms with van der Waals surface area (Å²) in [5.41, 5.74) is 1.77. The van der Waals surface area contributed by atoms with Gasteiger partial charge in [0.2, 0.25) is 5.91 Å². The van der Waals surface area contributed by atoms with E-state index in [1.54, 1.807) is 0 Å². The Hall–Kier alpha value is -1.99. The van der Waals surface area contributed by atoms with Gasteiger partial charge in [-0.3, -0.25) is 10.1 Å². The van der Waals surface area contributed by atoms with Crippen molar-refractivity contribution in [2.45, 2.75) is 0 Å². The summed E-state index contributed by atoms with van der Waals surface area (Å²) in [6.45, 7) is 0.606. The van der Waals surface area contributed by atoms with Crippen LogP contribution in [0.15, 0.2) is 24.3 Å². The third-order valence-corrected chi connectivity index (χ3v) is 2.17. The molecular weight excluding hydrogens is 214 g/mol. The van der Waals surface area contributed by atoms with Gasteiger partial charge in [0.25, 0.3) is 0 Å². The predicted molar refractivity (Wildman–Crippen MR) is 71.1 cm³/mol. The van der Waals surface area contributed by atoms with Crippen molar-refractivity contribution in [3.05, 3.63) is 24.3 Å². The van der Waals surface area contributed by atoms with Crippen LogP contribution in [0.5, 0.6) is 0 Å². The first-order chi connectivity index (χ1) is 8.15. The zero-order valence-corrected chi connectivity index (χ0v) is 10.2. The average Bonchev–Trinajstić information content (AvgIpc) is 2.29. The van der Waals surface area contributed by atoms with E-state index in [1.165, 1.54) is 0 Å². The molecule has 1 amide bonds. The number of rotatable bonds is 5. The Bertz CT molecular complexity index is 421. The molecule has 2 N–H and O–H groups in total. The number of carbonyl (C=O) groups excluding carboxylic acids is 1. The Morgan fingerprint density at radius 2 is 2.12 bits per heavy atom. The maximum absolute atomic E-state index is 11.6. The molecule has 1 aromatic carbocycles. The van der Waals surface area contributed by atoms with Crippen LogP contribution in [0.25, 0.3) is 0 Å². The molecule has 0 spiro atoms. The van der Waals surface area contributed by atoms with E-state index in [9.17, 15) is 4.79 Å². The molecule has 0 radical (unpaired) electrons. The van der Waals surface area contributed by atoms with Crippen molar-refractivity contribution in [2.75, 3.05) is 37.4 Å². The van der Waals surface area contributed by atoms with Crippen LogP contribution in [-0.4, -0.2) is 33.1 Å². The molecular formula is C13H17N3O. The minimum Gasteiger partial charge on any atom is -0.376 e. The van der Waals surface area contributed by atoms with Gasteiger partial charge in [0.15, 0.2) is 0 Å². The number of nitrogens with zero attached hydrogens (tertiary/aromatic N) is 1. The average molecular weight is 231 g/mol. The molecule has 4 heteroatoms. The van der Waals surface area contributed by atoms with Gasteiger partial charge in [0, 0.05) is 14.1 Å². The van der Waals surface area contributed by atoms with Crippen molar-refractivity contribution in [3.8, 4) is 12.3 Å². The maximum Gasteiger partial charge on any atom is 0.238 e. The predicted octanol–water partition coefficient (Wildman–Crippen LogP) is 0.914. The number of amides is 1. The SMILES string of the molecule is C#CCNCC(=O)Nc1ccccc1N(C)C. The highest BCUT2D eigenvalue weighted by Crippen LogP contribution is 2.22. The van der Waals surface area contributed by atoms with E-state index in [1.807, 2.05) is 43.3 Å². The Morgan fingerprint density at radius 3 is 2.76 bits per heavy atom. The molecule has 0 atom stereocenters. The van der Waals surface area contributed by atoms with Gasteiger partial charge in [0.1, 0.15) is 0 Å². The van der Waals surface area contributed by atoms with Crippen LogP contribution in [-0.2, 0) is 4.79 Å². The summed E-state index contributed by atoms with van der Waals surface area (Å²) < 4.78 is 0. The van der Waals surface area contributed by atoms with E-state index >= 15 is 0 Å². The minimum atomic E-state index is -0.102. The van der Waals surface area contributed by atoms with Crippen molar-refractivity contribution in [2.24, 2.45) is 0 Å². The summed E-state index contributed by atoms with van der Waals surface area (Å²) in [6.07, 6.45) is 5.08. The number of carbonyl (C=O) groups is 1. The molecule has 0 aromatic heterocycles. The van der Waals surface area contributed by atoms with E-state index < -0.39 is 0 Å². The highest BCUT2D eigenvalue weighted by molar-refractivity contribution is 5.95. The fourth-order valence-electron chi connectivity index (χ4n) is 1.41. The van der Waals surface area contributed by atoms with E-state index in [0.717, 1.165) is 11.4 Å². The van der Waals surface area contributed by atoms with Crippen LogP contribution < -0.4 is 15.5 Å². The number of para-hydroxylation sites is 2. The van der Waals surface area contributed by atoms with Crippen LogP contribution in [0, 0.1) is 12.3 Å². The van der Waals surface area contributed by atoms with Crippen molar-refractivity contribution in [1.29, 1.82) is 0 Å². The maximum atomic E-state index is 11.6. The van der Waals surface area contributed by atoms with Gasteiger partial charge in [-0.05, 0) is 12.1 Å². The largest absolute Gasteiger partial charge is 0.376 e. The van der Waals surface area contributed by atoms with Crippen LogP contribution in [0.4, 0.5) is 11.4 Å². The van der Waals surface area contributed by atoms with Gasteiger partial charge in [-0.1, -0.05) is 18.1 Å². The first-order valence-electron chi connectivity index (χ1n) is 5.35. The van der Waals surface area contributed by atoms with Gasteiger partial charge in [-0.15, -0.1) is 6.42 Å². The topological polar surface area (TPSA) is 44.4 Å². The number of terminal acetylenes is 1. The molecule has 90 valence electrons. The van der Waals surface area contributed by atoms with Gasteiger partial charge in [-0.25, -0.2) is 0 Å². The second-order valence-corrected chi connectivity index (χ2v) is 3.77. The van der Waals surface area contributed by atoms with Crippen molar-refractivity contribution in [1.82, 2.24) is 5.32 Å². The summed E-state index contributed by atoms with van der Waals surface area (Å²) in [7, 11) is 3.86. The fourth-order valence-corrected chi connectivity index (χ4v) is 1.41. The third kappa shape index (κ3) is 4.17. The quantitative estimate of drug-likeness (QED) is 0.585. The number of benzene rings is 1. The fraction of sp³-hybridized carbons (Fsp3) is 0.308. The molecule has 0 bridgehead atoms. The lowest BCUT2D eigenvalue weighted by molar-refractivity contribution is -0.115. The molecule has 0 aliphatic heterocycles. The van der Waals surface area contributed by atoms with Crippen molar-refractivity contribution in [3.63, 3.8) is 0 Å². The van der Waals surface area contributed by atoms with Crippen LogP contribution in [0.2, 0.25) is 0 Å². The first-order valence-corrected chi connectivity index (χ1v) is 5.35. The summed E-state index contributed by atoms with van der Waals surface area (Å²) in [5, 5.41) is 5.68. The van der Waals surface area contributed by atoms with Crippen molar-refractivity contribution >= 4 is 17.3 Å². The lowest BCUT2D eigenvalue weighted by Crippen LogP contribution is -2.28. The second kappa shape index (κ2) is 6.56. The zero-order chi connectivity index (χ0) is 12.7.